The Labute approximate surface area is 242 Å². The van der Waals surface area contributed by atoms with Gasteiger partial charge in [0, 0.05) is 28.3 Å². The van der Waals surface area contributed by atoms with E-state index < -0.39 is 29.3 Å². The van der Waals surface area contributed by atoms with Gasteiger partial charge in [0.1, 0.15) is 29.5 Å². The zero-order valence-corrected chi connectivity index (χ0v) is 23.4. The quantitative estimate of drug-likeness (QED) is 0.0888. The van der Waals surface area contributed by atoms with E-state index in [1.54, 1.807) is 30.3 Å². The summed E-state index contributed by atoms with van der Waals surface area (Å²) in [6.07, 6.45) is 0.625. The molecule has 1 N–H and O–H groups in total. The predicted octanol–water partition coefficient (Wildman–Crippen LogP) is 6.57. The Morgan fingerprint density at radius 1 is 1.15 bits per heavy atom. The number of ketones is 1. The molecule has 0 aliphatic carbocycles. The maximum atomic E-state index is 15.2. The summed E-state index contributed by atoms with van der Waals surface area (Å²) in [7, 11) is 0. The summed E-state index contributed by atoms with van der Waals surface area (Å²) in [6.45, 7) is 1.94. The van der Waals surface area contributed by atoms with E-state index in [4.69, 9.17) is 16.3 Å². The number of rotatable bonds is 6. The number of aromatic nitrogens is 2. The highest BCUT2D eigenvalue weighted by Gasteiger charge is 2.49. The van der Waals surface area contributed by atoms with Crippen molar-refractivity contribution >= 4 is 57.3 Å². The van der Waals surface area contributed by atoms with Crippen LogP contribution in [0.5, 0.6) is 5.75 Å². The topological polar surface area (TPSA) is 92.6 Å². The van der Waals surface area contributed by atoms with Crippen LogP contribution in [0.3, 0.4) is 0 Å². The van der Waals surface area contributed by atoms with Crippen LogP contribution < -0.4 is 9.64 Å². The molecule has 1 aromatic heterocycles. The second-order valence-corrected chi connectivity index (χ2v) is 12.0. The Hall–Kier alpha value is -3.73. The number of hydrogen-bond acceptors (Lipinski definition) is 8. The number of Topliss-reactive ketones (excluding diaryl/α,β-unsaturated/α-hetero) is 1. The number of carbonyl (C=O) groups excluding carboxylic acids is 2. The van der Waals surface area contributed by atoms with Crippen molar-refractivity contribution in [3.05, 3.63) is 105 Å². The maximum absolute atomic E-state index is 15.2. The molecule has 2 aliphatic rings. The molecule has 1 amide bonds. The van der Waals surface area contributed by atoms with Crippen molar-refractivity contribution in [1.82, 2.24) is 10.2 Å². The molecule has 0 bridgehead atoms. The number of aliphatic hydroxyl groups excluding tert-OH is 1. The number of amides is 1. The van der Waals surface area contributed by atoms with Crippen molar-refractivity contribution in [3.8, 4) is 5.75 Å². The van der Waals surface area contributed by atoms with Crippen LogP contribution in [0.4, 0.5) is 9.52 Å². The maximum Gasteiger partial charge on any atom is 0.301 e. The van der Waals surface area contributed by atoms with E-state index in [1.807, 2.05) is 25.1 Å². The third-order valence-corrected chi connectivity index (χ3v) is 9.20. The molecule has 0 saturated carbocycles. The van der Waals surface area contributed by atoms with Crippen LogP contribution in [0.15, 0.2) is 76.6 Å². The first-order valence-corrected chi connectivity index (χ1v) is 14.5. The molecule has 40 heavy (non-hydrogen) atoms. The summed E-state index contributed by atoms with van der Waals surface area (Å²) in [5.41, 5.74) is 1.96. The molecule has 11 heteroatoms. The smallest absolute Gasteiger partial charge is 0.301 e. The molecule has 0 spiro atoms. The lowest BCUT2D eigenvalue weighted by Gasteiger charge is -2.22. The highest BCUT2D eigenvalue weighted by Crippen LogP contribution is 2.45. The minimum atomic E-state index is -1.24. The van der Waals surface area contributed by atoms with Crippen LogP contribution in [0.1, 0.15) is 35.2 Å². The van der Waals surface area contributed by atoms with E-state index in [0.29, 0.717) is 32.8 Å². The molecular weight excluding hydrogens is 573 g/mol. The first kappa shape index (κ1) is 26.5. The molecule has 4 aromatic rings. The Morgan fingerprint density at radius 3 is 2.73 bits per heavy atom. The van der Waals surface area contributed by atoms with Crippen molar-refractivity contribution in [1.29, 1.82) is 0 Å². The van der Waals surface area contributed by atoms with E-state index in [0.717, 1.165) is 27.4 Å². The largest absolute Gasteiger partial charge is 0.507 e. The molecule has 0 radical (unpaired) electrons. The van der Waals surface area contributed by atoms with Gasteiger partial charge in [0.25, 0.3) is 5.78 Å². The van der Waals surface area contributed by atoms with Crippen LogP contribution in [0.2, 0.25) is 5.02 Å². The highest BCUT2D eigenvalue weighted by molar-refractivity contribution is 8.00. The number of ether oxygens (including phenoxy) is 1. The number of halogens is 2. The summed E-state index contributed by atoms with van der Waals surface area (Å²) in [5, 5.41) is 20.5. The van der Waals surface area contributed by atoms with Crippen molar-refractivity contribution in [2.24, 2.45) is 0 Å². The average molecular weight is 594 g/mol. The van der Waals surface area contributed by atoms with Gasteiger partial charge in [0.15, 0.2) is 4.34 Å². The van der Waals surface area contributed by atoms with Crippen LogP contribution in [-0.2, 0) is 21.8 Å². The Bertz CT molecular complexity index is 1690. The molecule has 3 heterocycles. The van der Waals surface area contributed by atoms with Gasteiger partial charge in [0.05, 0.1) is 5.57 Å². The zero-order valence-electron chi connectivity index (χ0n) is 21.0. The van der Waals surface area contributed by atoms with E-state index in [-0.39, 0.29) is 22.4 Å². The van der Waals surface area contributed by atoms with Gasteiger partial charge in [-0.2, -0.15) is 0 Å². The van der Waals surface area contributed by atoms with E-state index in [9.17, 15) is 14.7 Å². The van der Waals surface area contributed by atoms with Gasteiger partial charge in [-0.3, -0.25) is 14.5 Å². The van der Waals surface area contributed by atoms with Crippen molar-refractivity contribution < 1.29 is 23.8 Å². The van der Waals surface area contributed by atoms with Crippen LogP contribution in [0, 0.1) is 5.82 Å². The minimum Gasteiger partial charge on any atom is -0.507 e. The molecule has 0 unspecified atom stereocenters. The number of aliphatic hydroxyl groups is 1. The first-order valence-electron chi connectivity index (χ1n) is 12.4. The van der Waals surface area contributed by atoms with Crippen molar-refractivity contribution in [2.75, 3.05) is 4.90 Å². The number of thioether (sulfide) groups is 1. The molecule has 1 saturated heterocycles. The molecule has 1 fully saturated rings. The second kappa shape index (κ2) is 10.7. The second-order valence-electron chi connectivity index (χ2n) is 9.38. The van der Waals surface area contributed by atoms with Gasteiger partial charge in [-0.15, -0.1) is 10.2 Å². The van der Waals surface area contributed by atoms with Crippen LogP contribution >= 0.6 is 34.7 Å². The highest BCUT2D eigenvalue weighted by atomic mass is 35.5. The number of anilines is 1. The lowest BCUT2D eigenvalue weighted by molar-refractivity contribution is -0.132. The molecule has 7 nitrogen and oxygen atoms in total. The molecule has 6 rings (SSSR count). The number of nitrogens with zero attached hydrogens (tertiary/aromatic N) is 3. The standard InChI is InChI=1S/C29H21ClFN3O4S2/c1-15-12-18-13-16(10-11-22(18)38-15)25(35)23-24(19-7-3-5-9-21(19)31)34(27(37)26(23)36)28-32-33-29(40-28)39-14-17-6-2-4-8-20(17)30/h2-11,13,15,24,35H,12,14H2,1H3/b25-23+/t15-,24-/m1/s1. The predicted molar refractivity (Wildman–Crippen MR) is 152 cm³/mol. The fraction of sp³-hybridized carbons (Fsp3) is 0.172. The van der Waals surface area contributed by atoms with Crippen LogP contribution in [-0.4, -0.2) is 33.1 Å². The number of fused-ring (bicyclic) bond motifs is 1. The summed E-state index contributed by atoms with van der Waals surface area (Å²) in [6, 6.07) is 17.1. The fourth-order valence-electron chi connectivity index (χ4n) is 4.86. The molecular formula is C29H21ClFN3O4S2. The van der Waals surface area contributed by atoms with E-state index in [2.05, 4.69) is 10.2 Å². The number of benzene rings is 3. The summed E-state index contributed by atoms with van der Waals surface area (Å²) < 4.78 is 21.5. The molecule has 2 atom stereocenters. The number of carbonyl (C=O) groups is 2. The minimum absolute atomic E-state index is 0.0150. The van der Waals surface area contributed by atoms with Gasteiger partial charge in [-0.25, -0.2) is 4.39 Å². The number of hydrogen-bond donors (Lipinski definition) is 1. The van der Waals surface area contributed by atoms with Gasteiger partial charge in [-0.1, -0.05) is 71.1 Å². The summed E-state index contributed by atoms with van der Waals surface area (Å²) in [4.78, 5) is 27.9. The summed E-state index contributed by atoms with van der Waals surface area (Å²) >= 11 is 8.74. The van der Waals surface area contributed by atoms with Gasteiger partial charge in [-0.05, 0) is 48.4 Å². The fourth-order valence-corrected chi connectivity index (χ4v) is 7.01. The Balaban J connectivity index is 1.40. The van der Waals surface area contributed by atoms with Gasteiger partial charge < -0.3 is 9.84 Å². The van der Waals surface area contributed by atoms with Crippen LogP contribution in [0.25, 0.3) is 5.76 Å². The zero-order chi connectivity index (χ0) is 28.0. The average Bonchev–Trinajstić information content (AvgIpc) is 3.63. The van der Waals surface area contributed by atoms with Gasteiger partial charge >= 0.3 is 5.91 Å². The molecule has 202 valence electrons. The van der Waals surface area contributed by atoms with E-state index in [1.165, 1.54) is 30.0 Å². The summed E-state index contributed by atoms with van der Waals surface area (Å²) in [5.74, 6) is -1.66. The normalized spacial score (nSPS) is 19.6. The lowest BCUT2D eigenvalue weighted by Crippen LogP contribution is -2.29. The third-order valence-electron chi connectivity index (χ3n) is 6.72. The monoisotopic (exact) mass is 593 g/mol. The third kappa shape index (κ3) is 4.76. The Kier molecular flexibility index (Phi) is 7.07. The molecule has 3 aromatic carbocycles. The van der Waals surface area contributed by atoms with Gasteiger partial charge in [0.2, 0.25) is 5.13 Å². The Morgan fingerprint density at radius 2 is 1.93 bits per heavy atom. The van der Waals surface area contributed by atoms with Crippen molar-refractivity contribution in [2.45, 2.75) is 35.6 Å². The molecule has 2 aliphatic heterocycles. The van der Waals surface area contributed by atoms with Crippen molar-refractivity contribution in [3.63, 3.8) is 0 Å². The first-order chi connectivity index (χ1) is 19.3. The lowest BCUT2D eigenvalue weighted by atomic mass is 9.94. The van der Waals surface area contributed by atoms with E-state index >= 15 is 4.39 Å². The SMILES string of the molecule is C[C@@H]1Cc2cc(/C(O)=C3\C(=O)C(=O)N(c4nnc(SCc5ccccc5Cl)s4)[C@@H]3c3ccccc3F)ccc2O1.